The van der Waals surface area contributed by atoms with Crippen molar-refractivity contribution < 1.29 is 14.3 Å². The largest absolute Gasteiger partial charge is 0.496 e. The van der Waals surface area contributed by atoms with Gasteiger partial charge in [-0.2, -0.15) is 0 Å². The van der Waals surface area contributed by atoms with Gasteiger partial charge in [-0.1, -0.05) is 0 Å². The number of methoxy groups -OCH3 is 1. The van der Waals surface area contributed by atoms with Crippen molar-refractivity contribution in [2.24, 2.45) is 5.92 Å². The lowest BCUT2D eigenvalue weighted by molar-refractivity contribution is 0.109. The zero-order valence-corrected chi connectivity index (χ0v) is 13.0. The Kier molecular flexibility index (Phi) is 5.44. The van der Waals surface area contributed by atoms with Crippen LogP contribution >= 0.6 is 0 Å². The lowest BCUT2D eigenvalue weighted by Gasteiger charge is -2.18. The van der Waals surface area contributed by atoms with Crippen molar-refractivity contribution in [3.8, 4) is 5.75 Å². The van der Waals surface area contributed by atoms with Gasteiger partial charge in [-0.05, 0) is 49.4 Å². The summed E-state index contributed by atoms with van der Waals surface area (Å²) in [6.45, 7) is 3.95. The molecular weight excluding hydrogens is 268 g/mol. The molecule has 5 heteroatoms. The van der Waals surface area contributed by atoms with E-state index in [1.807, 2.05) is 25.1 Å². The van der Waals surface area contributed by atoms with Crippen LogP contribution in [0.1, 0.15) is 18.4 Å². The monoisotopic (exact) mass is 292 g/mol. The number of carbonyl (C=O) groups is 1. The molecular formula is C16H24N2O3. The predicted molar refractivity (Wildman–Crippen MR) is 82.9 cm³/mol. The van der Waals surface area contributed by atoms with Gasteiger partial charge >= 0.3 is 6.03 Å². The standard InChI is InChI=1S/C16H24N2O3/c1-12-10-14(6-7-15(12)20-3)17-16(19)18(2)8-9-21-11-13-4-5-13/h6-7,10,13H,4-5,8-9,11H2,1-3H3,(H,17,19). The van der Waals surface area contributed by atoms with Crippen LogP contribution in [0.3, 0.4) is 0 Å². The van der Waals surface area contributed by atoms with E-state index in [1.54, 1.807) is 19.1 Å². The second-order valence-corrected chi connectivity index (χ2v) is 5.55. The van der Waals surface area contributed by atoms with Gasteiger partial charge in [0.05, 0.1) is 13.7 Å². The highest BCUT2D eigenvalue weighted by molar-refractivity contribution is 5.89. The van der Waals surface area contributed by atoms with E-state index < -0.39 is 0 Å². The number of urea groups is 1. The van der Waals surface area contributed by atoms with Crippen molar-refractivity contribution in [1.29, 1.82) is 0 Å². The summed E-state index contributed by atoms with van der Waals surface area (Å²) in [5.74, 6) is 1.57. The smallest absolute Gasteiger partial charge is 0.321 e. The van der Waals surface area contributed by atoms with Gasteiger partial charge in [0.25, 0.3) is 0 Å². The quantitative estimate of drug-likeness (QED) is 0.786. The number of nitrogens with one attached hydrogen (secondary N) is 1. The first kappa shape index (κ1) is 15.6. The molecule has 0 unspecified atom stereocenters. The van der Waals surface area contributed by atoms with Crippen molar-refractivity contribution in [1.82, 2.24) is 4.90 Å². The topological polar surface area (TPSA) is 50.8 Å². The summed E-state index contributed by atoms with van der Waals surface area (Å²) >= 11 is 0. The Morgan fingerprint density at radius 2 is 2.19 bits per heavy atom. The summed E-state index contributed by atoms with van der Waals surface area (Å²) in [6, 6.07) is 5.45. The lowest BCUT2D eigenvalue weighted by atomic mass is 10.2. The molecule has 1 N–H and O–H groups in total. The molecule has 0 spiro atoms. The third kappa shape index (κ3) is 4.93. The number of nitrogens with zero attached hydrogens (tertiary/aromatic N) is 1. The molecule has 1 aliphatic carbocycles. The Balaban J connectivity index is 1.75. The van der Waals surface area contributed by atoms with Gasteiger partial charge in [0.15, 0.2) is 0 Å². The molecule has 0 atom stereocenters. The van der Waals surface area contributed by atoms with E-state index in [0.717, 1.165) is 29.5 Å². The Hall–Kier alpha value is -1.75. The summed E-state index contributed by atoms with van der Waals surface area (Å²) in [5, 5.41) is 2.87. The van der Waals surface area contributed by atoms with Crippen molar-refractivity contribution in [3.63, 3.8) is 0 Å². The number of benzene rings is 1. The zero-order chi connectivity index (χ0) is 15.2. The number of likely N-dealkylation sites (N-methyl/N-ethyl adjacent to an activating group) is 1. The molecule has 1 fully saturated rings. The molecule has 0 bridgehead atoms. The summed E-state index contributed by atoms with van der Waals surface area (Å²) in [4.78, 5) is 13.7. The van der Waals surface area contributed by atoms with Crippen LogP contribution in [0.4, 0.5) is 10.5 Å². The molecule has 1 aromatic rings. The van der Waals surface area contributed by atoms with Crippen LogP contribution < -0.4 is 10.1 Å². The maximum absolute atomic E-state index is 12.0. The van der Waals surface area contributed by atoms with Gasteiger partial charge in [0, 0.05) is 25.9 Å². The summed E-state index contributed by atoms with van der Waals surface area (Å²) in [5.41, 5.74) is 1.76. The van der Waals surface area contributed by atoms with Crippen LogP contribution in [0.5, 0.6) is 5.75 Å². The highest BCUT2D eigenvalue weighted by Gasteiger charge is 2.21. The van der Waals surface area contributed by atoms with Crippen LogP contribution in [0.15, 0.2) is 18.2 Å². The minimum atomic E-state index is -0.130. The summed E-state index contributed by atoms with van der Waals surface area (Å²) in [7, 11) is 3.40. The van der Waals surface area contributed by atoms with E-state index in [9.17, 15) is 4.79 Å². The molecule has 5 nitrogen and oxygen atoms in total. The molecule has 2 amide bonds. The number of amides is 2. The van der Waals surface area contributed by atoms with Crippen molar-refractivity contribution >= 4 is 11.7 Å². The molecule has 0 aliphatic heterocycles. The number of ether oxygens (including phenoxy) is 2. The molecule has 116 valence electrons. The summed E-state index contributed by atoms with van der Waals surface area (Å²) in [6.07, 6.45) is 2.57. The first-order valence-electron chi connectivity index (χ1n) is 7.34. The number of anilines is 1. The molecule has 1 saturated carbocycles. The molecule has 2 rings (SSSR count). The number of aryl methyl sites for hydroxylation is 1. The van der Waals surface area contributed by atoms with Crippen LogP contribution in [0, 0.1) is 12.8 Å². The third-order valence-electron chi connectivity index (χ3n) is 3.61. The average Bonchev–Trinajstić information content (AvgIpc) is 3.27. The van der Waals surface area contributed by atoms with E-state index in [0.29, 0.717) is 13.2 Å². The Morgan fingerprint density at radius 3 is 2.81 bits per heavy atom. The van der Waals surface area contributed by atoms with Crippen molar-refractivity contribution in [2.45, 2.75) is 19.8 Å². The Labute approximate surface area is 126 Å². The molecule has 0 radical (unpaired) electrons. The highest BCUT2D eigenvalue weighted by atomic mass is 16.5. The second-order valence-electron chi connectivity index (χ2n) is 5.55. The minimum Gasteiger partial charge on any atom is -0.496 e. The van der Waals surface area contributed by atoms with E-state index in [2.05, 4.69) is 5.32 Å². The van der Waals surface area contributed by atoms with Gasteiger partial charge in [0.2, 0.25) is 0 Å². The SMILES string of the molecule is COc1ccc(NC(=O)N(C)CCOCC2CC2)cc1C. The van der Waals surface area contributed by atoms with E-state index in [-0.39, 0.29) is 6.03 Å². The van der Waals surface area contributed by atoms with Crippen molar-refractivity contribution in [3.05, 3.63) is 23.8 Å². The maximum Gasteiger partial charge on any atom is 0.321 e. The number of hydrogen-bond donors (Lipinski definition) is 1. The number of carbonyl (C=O) groups excluding carboxylic acids is 1. The van der Waals surface area contributed by atoms with E-state index in [4.69, 9.17) is 9.47 Å². The van der Waals surface area contributed by atoms with Gasteiger partial charge < -0.3 is 19.7 Å². The Bertz CT molecular complexity index is 486. The molecule has 0 heterocycles. The second kappa shape index (κ2) is 7.31. The van der Waals surface area contributed by atoms with Gasteiger partial charge in [-0.3, -0.25) is 0 Å². The third-order valence-corrected chi connectivity index (χ3v) is 3.61. The number of hydrogen-bond acceptors (Lipinski definition) is 3. The fourth-order valence-corrected chi connectivity index (χ4v) is 2.01. The summed E-state index contributed by atoms with van der Waals surface area (Å²) < 4.78 is 10.7. The minimum absolute atomic E-state index is 0.130. The van der Waals surface area contributed by atoms with Crippen molar-refractivity contribution in [2.75, 3.05) is 39.2 Å². The number of rotatable bonds is 7. The molecule has 1 aliphatic rings. The first-order valence-corrected chi connectivity index (χ1v) is 7.34. The average molecular weight is 292 g/mol. The van der Waals surface area contributed by atoms with E-state index in [1.165, 1.54) is 12.8 Å². The van der Waals surface area contributed by atoms with E-state index >= 15 is 0 Å². The van der Waals surface area contributed by atoms with Crippen LogP contribution in [-0.2, 0) is 4.74 Å². The van der Waals surface area contributed by atoms with Crippen LogP contribution in [-0.4, -0.2) is 44.8 Å². The fraction of sp³-hybridized carbons (Fsp3) is 0.562. The van der Waals surface area contributed by atoms with Gasteiger partial charge in [-0.15, -0.1) is 0 Å². The molecule has 21 heavy (non-hydrogen) atoms. The molecule has 1 aromatic carbocycles. The lowest BCUT2D eigenvalue weighted by Crippen LogP contribution is -2.34. The van der Waals surface area contributed by atoms with Gasteiger partial charge in [-0.25, -0.2) is 4.79 Å². The Morgan fingerprint density at radius 1 is 1.43 bits per heavy atom. The zero-order valence-electron chi connectivity index (χ0n) is 13.0. The first-order chi connectivity index (χ1) is 10.1. The predicted octanol–water partition coefficient (Wildman–Crippen LogP) is 2.89. The van der Waals surface area contributed by atoms with Gasteiger partial charge in [0.1, 0.15) is 5.75 Å². The normalized spacial score (nSPS) is 13.9. The molecule has 0 aromatic heterocycles. The highest BCUT2D eigenvalue weighted by Crippen LogP contribution is 2.28. The fourth-order valence-electron chi connectivity index (χ4n) is 2.01. The molecule has 0 saturated heterocycles. The maximum atomic E-state index is 12.0. The van der Waals surface area contributed by atoms with Crippen LogP contribution in [0.25, 0.3) is 0 Å². The van der Waals surface area contributed by atoms with Crippen LogP contribution in [0.2, 0.25) is 0 Å².